The van der Waals surface area contributed by atoms with Crippen molar-refractivity contribution in [2.24, 2.45) is 11.8 Å². The molecule has 1 amide bonds. The lowest BCUT2D eigenvalue weighted by Crippen LogP contribution is -2.39. The number of nitrogens with one attached hydrogen (secondary N) is 2. The maximum absolute atomic E-state index is 12.0. The number of hydrogen-bond donors (Lipinski definition) is 2. The van der Waals surface area contributed by atoms with E-state index in [0.29, 0.717) is 23.0 Å². The molecule has 0 radical (unpaired) electrons. The van der Waals surface area contributed by atoms with E-state index >= 15 is 0 Å². The zero-order valence-electron chi connectivity index (χ0n) is 12.3. The standard InChI is InChI=1S/C15H28N2OS/c1-3-12-4-5-14(11(12)2)17-15(18)10-19-13-6-8-16-9-7-13/h11-14,16H,3-10H2,1-2H3,(H,17,18). The Kier molecular flexibility index (Phi) is 6.02. The van der Waals surface area contributed by atoms with Crippen LogP contribution in [0.2, 0.25) is 0 Å². The fourth-order valence-electron chi connectivity index (χ4n) is 3.43. The molecule has 1 aliphatic heterocycles. The van der Waals surface area contributed by atoms with E-state index in [9.17, 15) is 4.79 Å². The van der Waals surface area contributed by atoms with Crippen molar-refractivity contribution in [3.63, 3.8) is 0 Å². The van der Waals surface area contributed by atoms with Crippen molar-refractivity contribution in [3.05, 3.63) is 0 Å². The molecule has 4 heteroatoms. The minimum Gasteiger partial charge on any atom is -0.352 e. The van der Waals surface area contributed by atoms with Crippen molar-refractivity contribution in [1.82, 2.24) is 10.6 Å². The second-order valence-corrected chi connectivity index (χ2v) is 7.33. The Morgan fingerprint density at radius 3 is 2.63 bits per heavy atom. The number of carbonyl (C=O) groups is 1. The fourth-order valence-corrected chi connectivity index (χ4v) is 4.47. The first-order valence-corrected chi connectivity index (χ1v) is 8.87. The minimum atomic E-state index is 0.247. The molecular formula is C15H28N2OS. The van der Waals surface area contributed by atoms with E-state index in [1.165, 1.54) is 32.1 Å². The monoisotopic (exact) mass is 284 g/mol. The predicted octanol–water partition coefficient (Wildman–Crippen LogP) is 2.41. The van der Waals surface area contributed by atoms with Crippen LogP contribution in [0.15, 0.2) is 0 Å². The lowest BCUT2D eigenvalue weighted by molar-refractivity contribution is -0.119. The van der Waals surface area contributed by atoms with Crippen LogP contribution in [0, 0.1) is 11.8 Å². The second kappa shape index (κ2) is 7.53. The molecule has 1 aliphatic carbocycles. The molecule has 0 spiro atoms. The molecule has 0 aromatic rings. The van der Waals surface area contributed by atoms with Gasteiger partial charge in [0.15, 0.2) is 0 Å². The van der Waals surface area contributed by atoms with Crippen molar-refractivity contribution in [2.45, 2.75) is 57.2 Å². The van der Waals surface area contributed by atoms with E-state index in [-0.39, 0.29) is 5.91 Å². The minimum absolute atomic E-state index is 0.247. The van der Waals surface area contributed by atoms with E-state index in [0.717, 1.165) is 19.0 Å². The molecule has 2 rings (SSSR count). The van der Waals surface area contributed by atoms with Crippen LogP contribution in [0.5, 0.6) is 0 Å². The van der Waals surface area contributed by atoms with Gasteiger partial charge in [-0.3, -0.25) is 4.79 Å². The van der Waals surface area contributed by atoms with Crippen molar-refractivity contribution < 1.29 is 4.79 Å². The number of rotatable bonds is 5. The van der Waals surface area contributed by atoms with Crippen LogP contribution in [0.25, 0.3) is 0 Å². The van der Waals surface area contributed by atoms with E-state index < -0.39 is 0 Å². The zero-order chi connectivity index (χ0) is 13.7. The van der Waals surface area contributed by atoms with Gasteiger partial charge in [0.2, 0.25) is 5.91 Å². The van der Waals surface area contributed by atoms with Gasteiger partial charge in [-0.2, -0.15) is 0 Å². The largest absolute Gasteiger partial charge is 0.352 e. The van der Waals surface area contributed by atoms with E-state index in [1.54, 1.807) is 0 Å². The smallest absolute Gasteiger partial charge is 0.230 e. The molecule has 19 heavy (non-hydrogen) atoms. The van der Waals surface area contributed by atoms with Crippen LogP contribution >= 0.6 is 11.8 Å². The Morgan fingerprint density at radius 1 is 1.26 bits per heavy atom. The van der Waals surface area contributed by atoms with Gasteiger partial charge >= 0.3 is 0 Å². The maximum atomic E-state index is 12.0. The van der Waals surface area contributed by atoms with Crippen molar-refractivity contribution in [3.8, 4) is 0 Å². The topological polar surface area (TPSA) is 41.1 Å². The summed E-state index contributed by atoms with van der Waals surface area (Å²) in [7, 11) is 0. The summed E-state index contributed by atoms with van der Waals surface area (Å²) in [5.74, 6) is 2.35. The van der Waals surface area contributed by atoms with Crippen LogP contribution in [-0.4, -0.2) is 36.0 Å². The average Bonchev–Trinajstić information content (AvgIpc) is 2.78. The summed E-state index contributed by atoms with van der Waals surface area (Å²) in [4.78, 5) is 12.0. The first kappa shape index (κ1) is 15.2. The van der Waals surface area contributed by atoms with E-state index in [2.05, 4.69) is 24.5 Å². The highest BCUT2D eigenvalue weighted by atomic mass is 32.2. The number of hydrogen-bond acceptors (Lipinski definition) is 3. The molecule has 3 nitrogen and oxygen atoms in total. The molecule has 1 saturated carbocycles. The van der Waals surface area contributed by atoms with Crippen LogP contribution in [0.1, 0.15) is 46.0 Å². The molecular weight excluding hydrogens is 256 g/mol. The molecule has 3 unspecified atom stereocenters. The van der Waals surface area contributed by atoms with Gasteiger partial charge in [-0.05, 0) is 50.6 Å². The highest BCUT2D eigenvalue weighted by Crippen LogP contribution is 2.33. The summed E-state index contributed by atoms with van der Waals surface area (Å²) in [6.45, 7) is 6.78. The fraction of sp³-hybridized carbons (Fsp3) is 0.933. The van der Waals surface area contributed by atoms with Gasteiger partial charge in [0.25, 0.3) is 0 Å². The van der Waals surface area contributed by atoms with Gasteiger partial charge in [0, 0.05) is 11.3 Å². The number of amides is 1. The third-order valence-corrected chi connectivity index (χ3v) is 6.21. The third-order valence-electron chi connectivity index (χ3n) is 4.83. The summed E-state index contributed by atoms with van der Waals surface area (Å²) in [6.07, 6.45) is 6.11. The van der Waals surface area contributed by atoms with Gasteiger partial charge in [0.1, 0.15) is 0 Å². The summed E-state index contributed by atoms with van der Waals surface area (Å²) in [5.41, 5.74) is 0. The highest BCUT2D eigenvalue weighted by Gasteiger charge is 2.32. The first-order chi connectivity index (χ1) is 9.20. The molecule has 2 fully saturated rings. The molecule has 2 aliphatic rings. The quantitative estimate of drug-likeness (QED) is 0.814. The van der Waals surface area contributed by atoms with Crippen LogP contribution in [0.3, 0.4) is 0 Å². The first-order valence-electron chi connectivity index (χ1n) is 7.82. The number of piperidine rings is 1. The molecule has 110 valence electrons. The molecule has 1 saturated heterocycles. The lowest BCUT2D eigenvalue weighted by Gasteiger charge is -2.23. The SMILES string of the molecule is CCC1CCC(NC(=O)CSC2CCNCC2)C1C. The van der Waals surface area contributed by atoms with Gasteiger partial charge in [-0.15, -0.1) is 11.8 Å². The Bertz CT molecular complexity index is 292. The summed E-state index contributed by atoms with van der Waals surface area (Å²) in [5, 5.41) is 7.30. The van der Waals surface area contributed by atoms with Crippen molar-refractivity contribution in [1.29, 1.82) is 0 Å². The Morgan fingerprint density at radius 2 is 2.00 bits per heavy atom. The Hall–Kier alpha value is -0.220. The van der Waals surface area contributed by atoms with E-state index in [4.69, 9.17) is 0 Å². The summed E-state index contributed by atoms with van der Waals surface area (Å²) >= 11 is 1.84. The maximum Gasteiger partial charge on any atom is 0.230 e. The molecule has 0 aromatic heterocycles. The molecule has 1 heterocycles. The van der Waals surface area contributed by atoms with Gasteiger partial charge in [0.05, 0.1) is 5.75 Å². The van der Waals surface area contributed by atoms with Crippen LogP contribution < -0.4 is 10.6 Å². The summed E-state index contributed by atoms with van der Waals surface area (Å²) in [6, 6.07) is 0.422. The van der Waals surface area contributed by atoms with Gasteiger partial charge in [-0.25, -0.2) is 0 Å². The second-order valence-electron chi connectivity index (χ2n) is 6.04. The highest BCUT2D eigenvalue weighted by molar-refractivity contribution is 8.00. The Balaban J connectivity index is 1.66. The number of thioether (sulfide) groups is 1. The number of carbonyl (C=O) groups excluding carboxylic acids is 1. The van der Waals surface area contributed by atoms with Crippen LogP contribution in [-0.2, 0) is 4.79 Å². The summed E-state index contributed by atoms with van der Waals surface area (Å²) < 4.78 is 0. The Labute approximate surface area is 121 Å². The zero-order valence-corrected chi connectivity index (χ0v) is 13.1. The van der Waals surface area contributed by atoms with Gasteiger partial charge in [-0.1, -0.05) is 20.3 Å². The molecule has 0 aromatic carbocycles. The van der Waals surface area contributed by atoms with E-state index in [1.807, 2.05) is 11.8 Å². The van der Waals surface area contributed by atoms with Crippen molar-refractivity contribution >= 4 is 17.7 Å². The predicted molar refractivity (Wildman–Crippen MR) is 82.5 cm³/mol. The average molecular weight is 284 g/mol. The molecule has 2 N–H and O–H groups in total. The van der Waals surface area contributed by atoms with Crippen LogP contribution in [0.4, 0.5) is 0 Å². The van der Waals surface area contributed by atoms with Gasteiger partial charge < -0.3 is 10.6 Å². The normalized spacial score (nSPS) is 32.4. The lowest BCUT2D eigenvalue weighted by atomic mass is 9.93. The van der Waals surface area contributed by atoms with Crippen molar-refractivity contribution in [2.75, 3.05) is 18.8 Å². The molecule has 0 bridgehead atoms. The third kappa shape index (κ3) is 4.38. The molecule has 3 atom stereocenters.